The molecule has 0 fully saturated rings. The number of fused-ring (bicyclic) bond motifs is 2. The molecule has 0 saturated carbocycles. The molecule has 2 N–H and O–H groups in total. The normalized spacial score (nSPS) is 27.9. The largest absolute Gasteiger partial charge is 0.487 e. The minimum absolute atomic E-state index is 0.0309. The molecule has 0 radical (unpaired) electrons. The second-order valence-corrected chi connectivity index (χ2v) is 7.80. The lowest BCUT2D eigenvalue weighted by molar-refractivity contribution is -0.190. The Kier molecular flexibility index (Phi) is 3.86. The summed E-state index contributed by atoms with van der Waals surface area (Å²) in [6.45, 7) is 3.50. The average molecular weight is 394 g/mol. The minimum atomic E-state index is -3.44. The smallest absolute Gasteiger partial charge is 0.319 e. The third kappa shape index (κ3) is 2.72. The number of para-hydroxylation sites is 1. The zero-order valence-electron chi connectivity index (χ0n) is 14.7. The Labute approximate surface area is 160 Å². The molecule has 0 amide bonds. The summed E-state index contributed by atoms with van der Waals surface area (Å²) < 4.78 is 43.1. The van der Waals surface area contributed by atoms with Crippen LogP contribution in [0.3, 0.4) is 0 Å². The molecule has 1 aromatic carbocycles. The maximum Gasteiger partial charge on any atom is 0.319 e. The number of ether oxygens (including phenoxy) is 2. The number of pyridine rings is 1. The van der Waals surface area contributed by atoms with E-state index in [2.05, 4.69) is 9.98 Å². The van der Waals surface area contributed by atoms with Crippen molar-refractivity contribution in [2.45, 2.75) is 43.4 Å². The summed E-state index contributed by atoms with van der Waals surface area (Å²) in [7, 11) is 0. The fourth-order valence-corrected chi connectivity index (χ4v) is 3.94. The van der Waals surface area contributed by atoms with Crippen molar-refractivity contribution < 1.29 is 18.3 Å². The molecule has 1 unspecified atom stereocenters. The molecule has 2 aliphatic heterocycles. The van der Waals surface area contributed by atoms with E-state index in [0.717, 1.165) is 0 Å². The van der Waals surface area contributed by atoms with Gasteiger partial charge in [-0.2, -0.15) is 8.78 Å². The van der Waals surface area contributed by atoms with Crippen molar-refractivity contribution in [1.29, 1.82) is 0 Å². The maximum atomic E-state index is 16.0. The van der Waals surface area contributed by atoms with Crippen LogP contribution in [0.4, 0.5) is 8.78 Å². The Hall–Kier alpha value is -2.41. The van der Waals surface area contributed by atoms with Crippen LogP contribution in [0.15, 0.2) is 47.6 Å². The highest BCUT2D eigenvalue weighted by molar-refractivity contribution is 6.30. The van der Waals surface area contributed by atoms with Crippen LogP contribution >= 0.6 is 11.6 Å². The van der Waals surface area contributed by atoms with E-state index in [0.29, 0.717) is 10.8 Å². The Bertz CT molecular complexity index is 917. The van der Waals surface area contributed by atoms with Gasteiger partial charge in [-0.15, -0.1) is 0 Å². The maximum absolute atomic E-state index is 16.0. The number of hydrogen-bond acceptors (Lipinski definition) is 5. The number of aliphatic imine (C=N–C) groups is 1. The molecule has 0 aliphatic carbocycles. The van der Waals surface area contributed by atoms with E-state index in [1.165, 1.54) is 18.3 Å². The number of alkyl halides is 2. The van der Waals surface area contributed by atoms with Crippen molar-refractivity contribution in [3.8, 4) is 5.75 Å². The molecule has 1 aromatic heterocycles. The van der Waals surface area contributed by atoms with Gasteiger partial charge in [0.05, 0.1) is 10.7 Å². The zero-order valence-corrected chi connectivity index (χ0v) is 15.5. The first-order chi connectivity index (χ1) is 12.6. The van der Waals surface area contributed by atoms with Gasteiger partial charge in [-0.3, -0.25) is 4.98 Å². The molecule has 0 bridgehead atoms. The summed E-state index contributed by atoms with van der Waals surface area (Å²) >= 11 is 5.84. The fourth-order valence-electron chi connectivity index (χ4n) is 3.83. The van der Waals surface area contributed by atoms with Gasteiger partial charge in [-0.25, -0.2) is 4.99 Å². The number of hydrogen-bond donors (Lipinski definition) is 1. The first-order valence-corrected chi connectivity index (χ1v) is 8.82. The Morgan fingerprint density at radius 3 is 2.63 bits per heavy atom. The average Bonchev–Trinajstić information content (AvgIpc) is 2.58. The number of halogens is 3. The van der Waals surface area contributed by atoms with Crippen LogP contribution in [0.5, 0.6) is 5.75 Å². The van der Waals surface area contributed by atoms with E-state index < -0.39 is 23.2 Å². The van der Waals surface area contributed by atoms with E-state index in [1.807, 2.05) is 0 Å². The molecule has 0 saturated heterocycles. The summed E-state index contributed by atoms with van der Waals surface area (Å²) in [6, 6.07) is 9.24. The molecule has 1 spiro atoms. The van der Waals surface area contributed by atoms with Gasteiger partial charge >= 0.3 is 5.92 Å². The third-order valence-corrected chi connectivity index (χ3v) is 5.06. The topological polar surface area (TPSA) is 69.7 Å². The lowest BCUT2D eigenvalue weighted by atomic mass is 9.71. The molecular weight excluding hydrogens is 376 g/mol. The van der Waals surface area contributed by atoms with Crippen molar-refractivity contribution in [3.05, 3.63) is 58.9 Å². The quantitative estimate of drug-likeness (QED) is 0.787. The summed E-state index contributed by atoms with van der Waals surface area (Å²) in [6.07, 6.45) is -0.473. The molecule has 2 aromatic rings. The zero-order chi connectivity index (χ0) is 19.4. The Morgan fingerprint density at radius 2 is 1.93 bits per heavy atom. The van der Waals surface area contributed by atoms with Crippen LogP contribution in [0.25, 0.3) is 0 Å². The van der Waals surface area contributed by atoms with Gasteiger partial charge in [0.15, 0.2) is 5.54 Å². The van der Waals surface area contributed by atoms with Crippen molar-refractivity contribution >= 4 is 17.6 Å². The predicted molar refractivity (Wildman–Crippen MR) is 97.1 cm³/mol. The van der Waals surface area contributed by atoms with Crippen molar-refractivity contribution in [1.82, 2.24) is 4.98 Å². The molecule has 27 heavy (non-hydrogen) atoms. The van der Waals surface area contributed by atoms with Gasteiger partial charge in [0.2, 0.25) is 6.10 Å². The van der Waals surface area contributed by atoms with Crippen LogP contribution < -0.4 is 10.5 Å². The van der Waals surface area contributed by atoms with Gasteiger partial charge in [-0.05, 0) is 32.0 Å². The molecular formula is C19H18ClF2N3O2. The number of aromatic nitrogens is 1. The van der Waals surface area contributed by atoms with E-state index in [4.69, 9.17) is 26.8 Å². The molecule has 3 heterocycles. The molecule has 142 valence electrons. The Balaban J connectivity index is 1.94. The van der Waals surface area contributed by atoms with E-state index >= 15 is 8.78 Å². The summed E-state index contributed by atoms with van der Waals surface area (Å²) in [5, 5.41) is 0.340. The Morgan fingerprint density at radius 1 is 1.19 bits per heavy atom. The monoisotopic (exact) mass is 393 g/mol. The predicted octanol–water partition coefficient (Wildman–Crippen LogP) is 4.21. The van der Waals surface area contributed by atoms with Gasteiger partial charge in [0, 0.05) is 18.2 Å². The summed E-state index contributed by atoms with van der Waals surface area (Å²) in [5.74, 6) is -3.08. The number of rotatable bonds is 1. The standard InChI is InChI=1S/C19H18ClF2N3O2/c1-17(2)10-18(12-5-3-4-6-14(12)27-17)19(21,22)15(26-16(23)25-18)13-8-7-11(20)9-24-13/h3-9,15H,10H2,1-2H3,(H2,23,25)/t15?,18-/m1/s1. The lowest BCUT2D eigenvalue weighted by Crippen LogP contribution is -2.59. The second-order valence-electron chi connectivity index (χ2n) is 7.37. The van der Waals surface area contributed by atoms with Crippen molar-refractivity contribution in [3.63, 3.8) is 0 Å². The highest BCUT2D eigenvalue weighted by Gasteiger charge is 2.68. The molecule has 2 atom stereocenters. The van der Waals surface area contributed by atoms with Crippen molar-refractivity contribution in [2.24, 2.45) is 10.7 Å². The first kappa shape index (κ1) is 18.0. The van der Waals surface area contributed by atoms with Crippen LogP contribution in [0.1, 0.15) is 37.6 Å². The first-order valence-electron chi connectivity index (χ1n) is 8.44. The molecule has 8 heteroatoms. The highest BCUT2D eigenvalue weighted by atomic mass is 35.5. The number of amidine groups is 1. The van der Waals surface area contributed by atoms with Gasteiger partial charge in [0.1, 0.15) is 11.4 Å². The van der Waals surface area contributed by atoms with Crippen LogP contribution in [-0.2, 0) is 10.3 Å². The van der Waals surface area contributed by atoms with E-state index in [1.54, 1.807) is 38.1 Å². The lowest BCUT2D eigenvalue weighted by Gasteiger charge is -2.50. The van der Waals surface area contributed by atoms with E-state index in [-0.39, 0.29) is 23.7 Å². The second kappa shape index (κ2) is 5.79. The fraction of sp³-hybridized carbons (Fsp3) is 0.368. The molecule has 5 nitrogen and oxygen atoms in total. The van der Waals surface area contributed by atoms with Gasteiger partial charge in [0.25, 0.3) is 6.02 Å². The van der Waals surface area contributed by atoms with Gasteiger partial charge in [-0.1, -0.05) is 29.8 Å². The molecule has 4 rings (SSSR count). The number of nitrogens with zero attached hydrogens (tertiary/aromatic N) is 2. The molecule has 2 aliphatic rings. The van der Waals surface area contributed by atoms with E-state index in [9.17, 15) is 0 Å². The number of nitrogens with two attached hydrogens (primary N) is 1. The highest BCUT2D eigenvalue weighted by Crippen LogP contribution is 2.59. The van der Waals surface area contributed by atoms with Crippen LogP contribution in [0, 0.1) is 0 Å². The van der Waals surface area contributed by atoms with Crippen LogP contribution in [-0.4, -0.2) is 22.5 Å². The summed E-state index contributed by atoms with van der Waals surface area (Å²) in [5.41, 5.74) is 3.36. The SMILES string of the molecule is CC1(C)C[C@@]2(N=C(N)OC(c3ccc(Cl)cn3)C2(F)F)c2ccccc2O1. The number of benzene rings is 1. The van der Waals surface area contributed by atoms with Crippen LogP contribution in [0.2, 0.25) is 5.02 Å². The summed E-state index contributed by atoms with van der Waals surface area (Å²) in [4.78, 5) is 8.17. The third-order valence-electron chi connectivity index (χ3n) is 4.84. The van der Waals surface area contributed by atoms with Crippen molar-refractivity contribution in [2.75, 3.05) is 0 Å². The van der Waals surface area contributed by atoms with Gasteiger partial charge < -0.3 is 15.2 Å². The minimum Gasteiger partial charge on any atom is -0.487 e.